The summed E-state index contributed by atoms with van der Waals surface area (Å²) in [5.74, 6) is -1.59. The molecule has 0 aliphatic rings. The van der Waals surface area contributed by atoms with Crippen molar-refractivity contribution in [1.82, 2.24) is 4.89 Å². The van der Waals surface area contributed by atoms with Crippen molar-refractivity contribution in [2.24, 2.45) is 0 Å². The highest BCUT2D eigenvalue weighted by molar-refractivity contribution is 7.89. The Morgan fingerprint density at radius 2 is 1.83 bits per heavy atom. The van der Waals surface area contributed by atoms with Crippen molar-refractivity contribution in [3.8, 4) is 0 Å². The third-order valence-corrected chi connectivity index (χ3v) is 2.91. The molecule has 0 radical (unpaired) electrons. The monoisotopic (exact) mass is 285 g/mol. The maximum atomic E-state index is 11.7. The molecule has 10 heteroatoms. The number of carboxylic acids is 1. The summed E-state index contributed by atoms with van der Waals surface area (Å²) in [6.45, 7) is 0. The Kier molecular flexibility index (Phi) is 3.94. The largest absolute Gasteiger partial charge is 0.539 e. The van der Waals surface area contributed by atoms with Crippen LogP contribution in [0.25, 0.3) is 0 Å². The van der Waals surface area contributed by atoms with Crippen LogP contribution in [0.3, 0.4) is 0 Å². The number of hydrogen-bond acceptors (Lipinski definition) is 4. The Bertz CT molecular complexity index is 554. The minimum absolute atomic E-state index is 0.671. The van der Waals surface area contributed by atoms with E-state index in [2.05, 4.69) is 4.84 Å². The summed E-state index contributed by atoms with van der Waals surface area (Å²) < 4.78 is 57.9. The number of rotatable bonds is 4. The van der Waals surface area contributed by atoms with Gasteiger partial charge in [-0.15, -0.1) is 13.2 Å². The number of benzene rings is 1. The Hall–Kier alpha value is -1.65. The zero-order chi connectivity index (χ0) is 14.0. The van der Waals surface area contributed by atoms with Gasteiger partial charge in [0.1, 0.15) is 0 Å². The van der Waals surface area contributed by atoms with Crippen LogP contribution in [0.4, 0.5) is 13.2 Å². The molecule has 0 saturated carbocycles. The van der Waals surface area contributed by atoms with E-state index in [9.17, 15) is 26.4 Å². The third-order valence-electron chi connectivity index (χ3n) is 1.67. The molecular formula is C8H6F3NO5S. The highest BCUT2D eigenvalue weighted by atomic mass is 32.2. The van der Waals surface area contributed by atoms with Crippen LogP contribution in [0.5, 0.6) is 0 Å². The first-order valence-electron chi connectivity index (χ1n) is 4.22. The molecule has 0 atom stereocenters. The number of alkyl halides is 3. The molecule has 0 saturated heterocycles. The lowest BCUT2D eigenvalue weighted by molar-refractivity contribution is -0.338. The first-order valence-corrected chi connectivity index (χ1v) is 5.71. The zero-order valence-electron chi connectivity index (χ0n) is 8.43. The lowest BCUT2D eigenvalue weighted by atomic mass is 10.2. The molecular weight excluding hydrogens is 279 g/mol. The van der Waals surface area contributed by atoms with E-state index in [-0.39, 0.29) is 0 Å². The first-order chi connectivity index (χ1) is 8.13. The molecule has 0 bridgehead atoms. The molecule has 100 valence electrons. The van der Waals surface area contributed by atoms with E-state index < -0.39 is 32.8 Å². The van der Waals surface area contributed by atoms with Crippen molar-refractivity contribution in [2.75, 3.05) is 0 Å². The number of hydrogen-bond donors (Lipinski definition) is 2. The quantitative estimate of drug-likeness (QED) is 0.808. The minimum Gasteiger partial charge on any atom is -0.478 e. The highest BCUT2D eigenvalue weighted by Crippen LogP contribution is 2.19. The molecule has 0 fully saturated rings. The van der Waals surface area contributed by atoms with Crippen LogP contribution in [0.1, 0.15) is 10.4 Å². The van der Waals surface area contributed by atoms with Gasteiger partial charge in [-0.1, -0.05) is 17.0 Å². The van der Waals surface area contributed by atoms with Gasteiger partial charge >= 0.3 is 12.3 Å². The molecule has 0 unspecified atom stereocenters. The first kappa shape index (κ1) is 14.4. The molecule has 6 nitrogen and oxygen atoms in total. The Morgan fingerprint density at radius 3 is 2.33 bits per heavy atom. The molecule has 0 spiro atoms. The third kappa shape index (κ3) is 3.68. The minimum atomic E-state index is -5.22. The van der Waals surface area contributed by atoms with Crippen molar-refractivity contribution < 1.29 is 36.3 Å². The van der Waals surface area contributed by atoms with Gasteiger partial charge in [0.2, 0.25) is 0 Å². The van der Waals surface area contributed by atoms with Crippen LogP contribution >= 0.6 is 0 Å². The van der Waals surface area contributed by atoms with Crippen LogP contribution in [-0.2, 0) is 14.9 Å². The summed E-state index contributed by atoms with van der Waals surface area (Å²) in [5.41, 5.74) is -0.671. The van der Waals surface area contributed by atoms with E-state index >= 15 is 0 Å². The second kappa shape index (κ2) is 4.92. The molecule has 2 N–H and O–H groups in total. The maximum absolute atomic E-state index is 11.7. The molecule has 0 aliphatic heterocycles. The van der Waals surface area contributed by atoms with Crippen LogP contribution in [0.2, 0.25) is 0 Å². The molecule has 18 heavy (non-hydrogen) atoms. The van der Waals surface area contributed by atoms with Crippen molar-refractivity contribution >= 4 is 16.0 Å². The number of nitrogens with one attached hydrogen (secondary N) is 1. The average Bonchev–Trinajstić information content (AvgIpc) is 2.26. The summed E-state index contributed by atoms with van der Waals surface area (Å²) in [4.78, 5) is 13.6. The van der Waals surface area contributed by atoms with Gasteiger partial charge in [0.05, 0.1) is 10.5 Å². The fourth-order valence-corrected chi connectivity index (χ4v) is 2.02. The number of aromatic carboxylic acids is 1. The van der Waals surface area contributed by atoms with E-state index in [1.165, 1.54) is 6.07 Å². The van der Waals surface area contributed by atoms with Crippen molar-refractivity contribution in [2.45, 2.75) is 11.3 Å². The van der Waals surface area contributed by atoms with Crippen molar-refractivity contribution in [1.29, 1.82) is 0 Å². The standard InChI is InChI=1S/C8H6F3NO5S/c9-8(10,11)17-12-18(15,16)6-4-2-1-3-5(6)7(13)14/h1-4,12H,(H,13,14). The van der Waals surface area contributed by atoms with E-state index in [1.807, 2.05) is 0 Å². The molecule has 0 aromatic heterocycles. The molecule has 1 aromatic rings. The van der Waals surface area contributed by atoms with Crippen molar-refractivity contribution in [3.05, 3.63) is 29.8 Å². The van der Waals surface area contributed by atoms with Crippen LogP contribution in [0.15, 0.2) is 29.2 Å². The summed E-state index contributed by atoms with van der Waals surface area (Å²) in [5, 5.41) is 8.70. The number of carboxylic acid groups (broad SMARTS) is 1. The number of halogens is 3. The SMILES string of the molecule is O=C(O)c1ccccc1S(=O)(=O)NOC(F)(F)F. The van der Waals surface area contributed by atoms with E-state index in [4.69, 9.17) is 5.11 Å². The molecule has 1 aromatic carbocycles. The van der Waals surface area contributed by atoms with Gasteiger partial charge in [-0.3, -0.25) is 0 Å². The lowest BCUT2D eigenvalue weighted by Crippen LogP contribution is -2.32. The Labute approximate surface area is 99.0 Å². The van der Waals surface area contributed by atoms with Gasteiger partial charge in [0, 0.05) is 0 Å². The second-order valence-corrected chi connectivity index (χ2v) is 4.55. The summed E-state index contributed by atoms with van der Waals surface area (Å²) in [6, 6.07) is 4.16. The van der Waals surface area contributed by atoms with E-state index in [1.54, 1.807) is 0 Å². The zero-order valence-corrected chi connectivity index (χ0v) is 9.25. The summed E-state index contributed by atoms with van der Waals surface area (Å²) in [6.07, 6.45) is -5.22. The predicted octanol–water partition coefficient (Wildman–Crippen LogP) is 1.11. The van der Waals surface area contributed by atoms with Gasteiger partial charge in [-0.05, 0) is 12.1 Å². The number of carbonyl (C=O) groups is 1. The van der Waals surface area contributed by atoms with Gasteiger partial charge in [0.15, 0.2) is 0 Å². The van der Waals surface area contributed by atoms with Crippen LogP contribution in [0, 0.1) is 0 Å². The fraction of sp³-hybridized carbons (Fsp3) is 0.125. The average molecular weight is 285 g/mol. The summed E-state index contributed by atoms with van der Waals surface area (Å²) in [7, 11) is -4.74. The molecule has 0 heterocycles. The maximum Gasteiger partial charge on any atom is 0.539 e. The highest BCUT2D eigenvalue weighted by Gasteiger charge is 2.33. The van der Waals surface area contributed by atoms with Crippen LogP contribution in [-0.4, -0.2) is 25.9 Å². The van der Waals surface area contributed by atoms with Gasteiger partial charge in [0.25, 0.3) is 10.0 Å². The molecule has 1 rings (SSSR count). The van der Waals surface area contributed by atoms with E-state index in [0.717, 1.165) is 23.1 Å². The predicted molar refractivity (Wildman–Crippen MR) is 50.9 cm³/mol. The Balaban J connectivity index is 3.10. The van der Waals surface area contributed by atoms with E-state index in [0.29, 0.717) is 0 Å². The normalized spacial score (nSPS) is 12.4. The number of sulfonamides is 1. The topological polar surface area (TPSA) is 92.7 Å². The lowest BCUT2D eigenvalue weighted by Gasteiger charge is -2.10. The van der Waals surface area contributed by atoms with Crippen LogP contribution < -0.4 is 4.89 Å². The van der Waals surface area contributed by atoms with Gasteiger partial charge in [-0.25, -0.2) is 13.2 Å². The van der Waals surface area contributed by atoms with Gasteiger partial charge < -0.3 is 5.11 Å². The molecule has 0 amide bonds. The Morgan fingerprint density at radius 1 is 1.28 bits per heavy atom. The summed E-state index contributed by atoms with van der Waals surface area (Å²) >= 11 is 0. The molecule has 0 aliphatic carbocycles. The smallest absolute Gasteiger partial charge is 0.478 e. The van der Waals surface area contributed by atoms with Crippen molar-refractivity contribution in [3.63, 3.8) is 0 Å². The second-order valence-electron chi connectivity index (χ2n) is 2.94. The fourth-order valence-electron chi connectivity index (χ4n) is 1.02. The van der Waals surface area contributed by atoms with Gasteiger partial charge in [-0.2, -0.15) is 4.84 Å².